The van der Waals surface area contributed by atoms with Crippen LogP contribution < -0.4 is 0 Å². The molecule has 0 spiro atoms. The van der Waals surface area contributed by atoms with Gasteiger partial charge in [-0.1, -0.05) is 23.7 Å². The molecule has 0 aromatic heterocycles. The molecule has 0 aliphatic carbocycles. The number of benzene rings is 1. The van der Waals surface area contributed by atoms with Crippen LogP contribution >= 0.6 is 11.6 Å². The molecule has 0 unspecified atom stereocenters. The van der Waals surface area contributed by atoms with Crippen LogP contribution in [-0.4, -0.2) is 37.0 Å². The van der Waals surface area contributed by atoms with Gasteiger partial charge in [-0.05, 0) is 37.5 Å². The largest absolute Gasteiger partial charge is 0.468 e. The molecule has 1 amide bonds. The molecule has 0 N–H and O–H groups in total. The smallest absolute Gasteiger partial charge is 0.325 e. The highest BCUT2D eigenvalue weighted by Crippen LogP contribution is 2.17. The summed E-state index contributed by atoms with van der Waals surface area (Å²) in [6.07, 6.45) is 0.959. The number of esters is 1. The number of methoxy groups -OCH3 is 1. The van der Waals surface area contributed by atoms with E-state index in [0.29, 0.717) is 24.4 Å². The van der Waals surface area contributed by atoms with Crippen LogP contribution in [0.3, 0.4) is 0 Å². The predicted molar refractivity (Wildman–Crippen MR) is 78.8 cm³/mol. The second kappa shape index (κ2) is 7.90. The number of halogens is 1. The number of carbonyl (C=O) groups is 2. The average Bonchev–Trinajstić information content (AvgIpc) is 2.45. The summed E-state index contributed by atoms with van der Waals surface area (Å²) in [7, 11) is 1.31. The molecule has 4 nitrogen and oxygen atoms in total. The minimum Gasteiger partial charge on any atom is -0.468 e. The number of hydrogen-bond donors (Lipinski definition) is 0. The number of aryl methyl sites for hydroxylation is 2. The van der Waals surface area contributed by atoms with E-state index in [2.05, 4.69) is 4.74 Å². The standard InChI is InChI=1S/C15H20ClNO3/c1-4-17(10-15(19)20-3)14(18)8-7-12-6-5-11(2)13(16)9-12/h5-6,9H,4,7-8,10H2,1-3H3. The minimum atomic E-state index is -0.404. The zero-order valence-electron chi connectivity index (χ0n) is 12.1. The maximum Gasteiger partial charge on any atom is 0.325 e. The highest BCUT2D eigenvalue weighted by molar-refractivity contribution is 6.31. The zero-order chi connectivity index (χ0) is 15.1. The van der Waals surface area contributed by atoms with E-state index in [1.165, 1.54) is 12.0 Å². The van der Waals surface area contributed by atoms with Crippen LogP contribution in [0.1, 0.15) is 24.5 Å². The minimum absolute atomic E-state index is 0.000483. The molecule has 0 saturated carbocycles. The molecular weight excluding hydrogens is 278 g/mol. The molecule has 0 fully saturated rings. The lowest BCUT2D eigenvalue weighted by Crippen LogP contribution is -2.36. The zero-order valence-corrected chi connectivity index (χ0v) is 12.9. The Morgan fingerprint density at radius 1 is 1.35 bits per heavy atom. The Morgan fingerprint density at radius 3 is 2.60 bits per heavy atom. The first-order valence-electron chi connectivity index (χ1n) is 6.57. The van der Waals surface area contributed by atoms with Crippen LogP contribution in [0, 0.1) is 6.92 Å². The lowest BCUT2D eigenvalue weighted by Gasteiger charge is -2.19. The molecule has 0 atom stereocenters. The van der Waals surface area contributed by atoms with Gasteiger partial charge < -0.3 is 9.64 Å². The summed E-state index contributed by atoms with van der Waals surface area (Å²) in [5, 5.41) is 0.705. The van der Waals surface area contributed by atoms with Gasteiger partial charge in [-0.3, -0.25) is 9.59 Å². The van der Waals surface area contributed by atoms with Crippen molar-refractivity contribution in [3.05, 3.63) is 34.3 Å². The summed E-state index contributed by atoms with van der Waals surface area (Å²) in [6.45, 7) is 4.26. The van der Waals surface area contributed by atoms with E-state index in [-0.39, 0.29) is 12.5 Å². The van der Waals surface area contributed by atoms with Crippen molar-refractivity contribution in [2.75, 3.05) is 20.2 Å². The fraction of sp³-hybridized carbons (Fsp3) is 0.467. The first-order chi connectivity index (χ1) is 9.47. The number of nitrogens with zero attached hydrogens (tertiary/aromatic N) is 1. The fourth-order valence-corrected chi connectivity index (χ4v) is 2.00. The predicted octanol–water partition coefficient (Wildman–Crippen LogP) is 2.60. The Kier molecular flexibility index (Phi) is 6.52. The van der Waals surface area contributed by atoms with E-state index < -0.39 is 5.97 Å². The summed E-state index contributed by atoms with van der Waals surface area (Å²) in [5.41, 5.74) is 2.03. The molecule has 0 radical (unpaired) electrons. The van der Waals surface area contributed by atoms with Crippen molar-refractivity contribution >= 4 is 23.5 Å². The first kappa shape index (κ1) is 16.5. The topological polar surface area (TPSA) is 46.6 Å². The molecular formula is C15H20ClNO3. The molecule has 1 rings (SSSR count). The third kappa shape index (κ3) is 4.85. The quantitative estimate of drug-likeness (QED) is 0.758. The van der Waals surface area contributed by atoms with Gasteiger partial charge in [-0.25, -0.2) is 0 Å². The summed E-state index contributed by atoms with van der Waals surface area (Å²) >= 11 is 6.05. The third-order valence-electron chi connectivity index (χ3n) is 3.15. The number of hydrogen-bond acceptors (Lipinski definition) is 3. The van der Waals surface area contributed by atoms with Gasteiger partial charge in [0.1, 0.15) is 6.54 Å². The van der Waals surface area contributed by atoms with E-state index in [1.54, 1.807) is 0 Å². The molecule has 0 aliphatic heterocycles. The van der Waals surface area contributed by atoms with Crippen LogP contribution in [0.2, 0.25) is 5.02 Å². The van der Waals surface area contributed by atoms with Crippen LogP contribution in [0.25, 0.3) is 0 Å². The van der Waals surface area contributed by atoms with E-state index in [9.17, 15) is 9.59 Å². The Balaban J connectivity index is 2.56. The van der Waals surface area contributed by atoms with Crippen molar-refractivity contribution in [3.8, 4) is 0 Å². The van der Waals surface area contributed by atoms with Gasteiger partial charge in [0, 0.05) is 18.0 Å². The third-order valence-corrected chi connectivity index (χ3v) is 3.55. The molecule has 0 saturated heterocycles. The van der Waals surface area contributed by atoms with Gasteiger partial charge in [0.2, 0.25) is 5.91 Å². The van der Waals surface area contributed by atoms with Crippen molar-refractivity contribution in [3.63, 3.8) is 0 Å². The second-order valence-corrected chi connectivity index (χ2v) is 4.97. The van der Waals surface area contributed by atoms with Crippen LogP contribution in [0.15, 0.2) is 18.2 Å². The second-order valence-electron chi connectivity index (χ2n) is 4.57. The van der Waals surface area contributed by atoms with E-state index in [4.69, 9.17) is 11.6 Å². The number of carbonyl (C=O) groups excluding carboxylic acids is 2. The monoisotopic (exact) mass is 297 g/mol. The Hall–Kier alpha value is -1.55. The van der Waals surface area contributed by atoms with Crippen LogP contribution in [-0.2, 0) is 20.7 Å². The molecule has 110 valence electrons. The van der Waals surface area contributed by atoms with Gasteiger partial charge in [0.15, 0.2) is 0 Å². The fourth-order valence-electron chi connectivity index (χ4n) is 1.80. The van der Waals surface area contributed by atoms with Gasteiger partial charge in [0.25, 0.3) is 0 Å². The molecule has 1 aromatic rings. The molecule has 20 heavy (non-hydrogen) atoms. The average molecular weight is 298 g/mol. The van der Waals surface area contributed by atoms with Crippen LogP contribution in [0.5, 0.6) is 0 Å². The molecule has 1 aromatic carbocycles. The molecule has 5 heteroatoms. The molecule has 0 aliphatic rings. The summed E-state index contributed by atoms with van der Waals surface area (Å²) in [6, 6.07) is 5.78. The maximum atomic E-state index is 12.0. The highest BCUT2D eigenvalue weighted by atomic mass is 35.5. The van der Waals surface area contributed by atoms with Crippen LogP contribution in [0.4, 0.5) is 0 Å². The van der Waals surface area contributed by atoms with Crippen molar-refractivity contribution in [2.45, 2.75) is 26.7 Å². The van der Waals surface area contributed by atoms with Gasteiger partial charge in [-0.2, -0.15) is 0 Å². The molecule has 0 bridgehead atoms. The Morgan fingerprint density at radius 2 is 2.05 bits per heavy atom. The Bertz CT molecular complexity index is 488. The van der Waals surface area contributed by atoms with Crippen molar-refractivity contribution in [1.82, 2.24) is 4.90 Å². The van der Waals surface area contributed by atoms with Crippen molar-refractivity contribution in [2.24, 2.45) is 0 Å². The maximum absolute atomic E-state index is 12.0. The summed E-state index contributed by atoms with van der Waals surface area (Å²) < 4.78 is 4.57. The number of amides is 1. The first-order valence-corrected chi connectivity index (χ1v) is 6.95. The van der Waals surface area contributed by atoms with Gasteiger partial charge in [-0.15, -0.1) is 0 Å². The van der Waals surface area contributed by atoms with Crippen molar-refractivity contribution < 1.29 is 14.3 Å². The number of likely N-dealkylation sites (N-methyl/N-ethyl adjacent to an activating group) is 1. The van der Waals surface area contributed by atoms with Gasteiger partial charge in [0.05, 0.1) is 7.11 Å². The van der Waals surface area contributed by atoms with E-state index >= 15 is 0 Å². The number of ether oxygens (including phenoxy) is 1. The number of rotatable bonds is 6. The lowest BCUT2D eigenvalue weighted by molar-refractivity contribution is -0.146. The Labute approximate surface area is 124 Å². The van der Waals surface area contributed by atoms with Crippen molar-refractivity contribution in [1.29, 1.82) is 0 Å². The SMILES string of the molecule is CCN(CC(=O)OC)C(=O)CCc1ccc(C)c(Cl)c1. The van der Waals surface area contributed by atoms with Gasteiger partial charge >= 0.3 is 5.97 Å². The molecule has 0 heterocycles. The summed E-state index contributed by atoms with van der Waals surface area (Å²) in [4.78, 5) is 24.7. The highest BCUT2D eigenvalue weighted by Gasteiger charge is 2.15. The lowest BCUT2D eigenvalue weighted by atomic mass is 10.1. The van der Waals surface area contributed by atoms with E-state index in [0.717, 1.165) is 11.1 Å². The summed E-state index contributed by atoms with van der Waals surface area (Å²) in [5.74, 6) is -0.465. The normalized spacial score (nSPS) is 10.2. The van der Waals surface area contributed by atoms with E-state index in [1.807, 2.05) is 32.0 Å².